The average molecular weight is 229 g/mol. The van der Waals surface area contributed by atoms with Gasteiger partial charge in [-0.3, -0.25) is 4.68 Å². The van der Waals surface area contributed by atoms with Gasteiger partial charge in [0.15, 0.2) is 0 Å². The van der Waals surface area contributed by atoms with Crippen LogP contribution in [0.3, 0.4) is 0 Å². The second-order valence-electron chi connectivity index (χ2n) is 4.40. The van der Waals surface area contributed by atoms with Crippen LogP contribution in [0, 0.1) is 12.8 Å². The summed E-state index contributed by atoms with van der Waals surface area (Å²) in [5.74, 6) is 0.366. The molecule has 0 aromatic carbocycles. The quantitative estimate of drug-likeness (QED) is 0.845. The maximum absolute atomic E-state index is 10.3. The molecule has 84 valence electrons. The fraction of sp³-hybridized carbons (Fsp3) is 0.727. The smallest absolute Gasteiger partial charge is 0.132 e. The molecule has 0 bridgehead atoms. The zero-order chi connectivity index (χ0) is 11.0. The van der Waals surface area contributed by atoms with Crippen LogP contribution in [0.1, 0.15) is 43.0 Å². The van der Waals surface area contributed by atoms with Crippen molar-refractivity contribution < 1.29 is 5.11 Å². The van der Waals surface area contributed by atoms with Gasteiger partial charge in [-0.2, -0.15) is 5.10 Å². The topological polar surface area (TPSA) is 38.0 Å². The molecule has 0 spiro atoms. The highest BCUT2D eigenvalue weighted by Crippen LogP contribution is 2.38. The molecule has 1 N–H and O–H groups in total. The minimum Gasteiger partial charge on any atom is -0.388 e. The molecule has 1 fully saturated rings. The Morgan fingerprint density at radius 2 is 2.07 bits per heavy atom. The van der Waals surface area contributed by atoms with Crippen LogP contribution in [0.2, 0.25) is 5.15 Å². The highest BCUT2D eigenvalue weighted by atomic mass is 35.5. The Morgan fingerprint density at radius 3 is 2.53 bits per heavy atom. The largest absolute Gasteiger partial charge is 0.388 e. The van der Waals surface area contributed by atoms with Crippen molar-refractivity contribution in [2.75, 3.05) is 0 Å². The summed E-state index contributed by atoms with van der Waals surface area (Å²) in [7, 11) is 1.81. The summed E-state index contributed by atoms with van der Waals surface area (Å²) in [6, 6.07) is 0. The lowest BCUT2D eigenvalue weighted by Gasteiger charge is -2.17. The zero-order valence-electron chi connectivity index (χ0n) is 9.20. The SMILES string of the molecule is Cc1nn(C)c(Cl)c1C(O)C1CCCC1. The molecule has 0 radical (unpaired) electrons. The molecule has 1 aliphatic rings. The van der Waals surface area contributed by atoms with E-state index in [4.69, 9.17) is 11.6 Å². The maximum atomic E-state index is 10.3. The molecular weight excluding hydrogens is 212 g/mol. The Kier molecular flexibility index (Phi) is 3.03. The van der Waals surface area contributed by atoms with E-state index in [0.29, 0.717) is 11.1 Å². The van der Waals surface area contributed by atoms with Gasteiger partial charge in [0.25, 0.3) is 0 Å². The van der Waals surface area contributed by atoms with Gasteiger partial charge >= 0.3 is 0 Å². The zero-order valence-corrected chi connectivity index (χ0v) is 9.96. The molecule has 1 aromatic heterocycles. The van der Waals surface area contributed by atoms with Crippen molar-refractivity contribution >= 4 is 11.6 Å². The molecule has 4 heteroatoms. The van der Waals surface area contributed by atoms with Crippen LogP contribution in [0.15, 0.2) is 0 Å². The van der Waals surface area contributed by atoms with E-state index in [1.165, 1.54) is 12.8 Å². The first-order valence-corrected chi connectivity index (χ1v) is 5.86. The van der Waals surface area contributed by atoms with Crippen molar-refractivity contribution in [3.63, 3.8) is 0 Å². The minimum absolute atomic E-state index is 0.366. The van der Waals surface area contributed by atoms with Crippen molar-refractivity contribution in [1.82, 2.24) is 9.78 Å². The number of hydrogen-bond donors (Lipinski definition) is 1. The Labute approximate surface area is 95.0 Å². The van der Waals surface area contributed by atoms with Gasteiger partial charge in [-0.15, -0.1) is 0 Å². The third-order valence-corrected chi connectivity index (χ3v) is 3.79. The highest BCUT2D eigenvalue weighted by molar-refractivity contribution is 6.30. The molecule has 0 amide bonds. The van der Waals surface area contributed by atoms with E-state index in [-0.39, 0.29) is 0 Å². The van der Waals surface area contributed by atoms with Crippen LogP contribution in [-0.4, -0.2) is 14.9 Å². The van der Waals surface area contributed by atoms with Crippen molar-refractivity contribution in [3.05, 3.63) is 16.4 Å². The van der Waals surface area contributed by atoms with Gasteiger partial charge in [0.05, 0.1) is 11.8 Å². The second kappa shape index (κ2) is 4.14. The summed E-state index contributed by atoms with van der Waals surface area (Å²) in [5, 5.41) is 15.1. The Bertz CT molecular complexity index is 356. The summed E-state index contributed by atoms with van der Waals surface area (Å²) >= 11 is 6.13. The van der Waals surface area contributed by atoms with Gasteiger partial charge in [0.1, 0.15) is 5.15 Å². The number of aliphatic hydroxyl groups excluding tert-OH is 1. The number of hydrogen-bond acceptors (Lipinski definition) is 2. The first-order valence-electron chi connectivity index (χ1n) is 5.48. The Balaban J connectivity index is 2.27. The number of rotatable bonds is 2. The summed E-state index contributed by atoms with van der Waals surface area (Å²) in [6.45, 7) is 1.90. The van der Waals surface area contributed by atoms with Crippen molar-refractivity contribution in [2.45, 2.75) is 38.7 Å². The minimum atomic E-state index is -0.436. The van der Waals surface area contributed by atoms with Crippen LogP contribution in [-0.2, 0) is 7.05 Å². The molecule has 0 saturated heterocycles. The Morgan fingerprint density at radius 1 is 1.47 bits per heavy atom. The van der Waals surface area contributed by atoms with Crippen LogP contribution >= 0.6 is 11.6 Å². The normalized spacial score (nSPS) is 19.7. The fourth-order valence-electron chi connectivity index (χ4n) is 2.49. The molecule has 1 atom stereocenters. The van der Waals surface area contributed by atoms with E-state index in [1.54, 1.807) is 11.7 Å². The summed E-state index contributed by atoms with van der Waals surface area (Å²) in [5.41, 5.74) is 1.67. The van der Waals surface area contributed by atoms with Crippen LogP contribution in [0.5, 0.6) is 0 Å². The molecular formula is C11H17ClN2O. The summed E-state index contributed by atoms with van der Waals surface area (Å²) in [6.07, 6.45) is 4.21. The summed E-state index contributed by atoms with van der Waals surface area (Å²) in [4.78, 5) is 0. The third-order valence-electron chi connectivity index (χ3n) is 3.34. The van der Waals surface area contributed by atoms with E-state index in [1.807, 2.05) is 6.92 Å². The third kappa shape index (κ3) is 1.91. The van der Waals surface area contributed by atoms with Crippen molar-refractivity contribution in [2.24, 2.45) is 13.0 Å². The molecule has 1 saturated carbocycles. The van der Waals surface area contributed by atoms with Gasteiger partial charge in [0, 0.05) is 12.6 Å². The van der Waals surface area contributed by atoms with Gasteiger partial charge in [-0.25, -0.2) is 0 Å². The first kappa shape index (κ1) is 11.0. The molecule has 15 heavy (non-hydrogen) atoms. The molecule has 1 heterocycles. The Hall–Kier alpha value is -0.540. The lowest BCUT2D eigenvalue weighted by molar-refractivity contribution is 0.111. The van der Waals surface area contributed by atoms with Crippen LogP contribution in [0.25, 0.3) is 0 Å². The summed E-state index contributed by atoms with van der Waals surface area (Å²) < 4.78 is 1.63. The lowest BCUT2D eigenvalue weighted by atomic mass is 9.95. The predicted molar refractivity (Wildman–Crippen MR) is 59.9 cm³/mol. The number of nitrogens with zero attached hydrogens (tertiary/aromatic N) is 2. The number of aryl methyl sites for hydroxylation is 2. The van der Waals surface area contributed by atoms with E-state index in [0.717, 1.165) is 24.1 Å². The maximum Gasteiger partial charge on any atom is 0.132 e. The molecule has 0 aliphatic heterocycles. The first-order chi connectivity index (χ1) is 7.11. The predicted octanol–water partition coefficient (Wildman–Crippen LogP) is 2.61. The molecule has 1 aromatic rings. The highest BCUT2D eigenvalue weighted by Gasteiger charge is 2.29. The number of aromatic nitrogens is 2. The van der Waals surface area contributed by atoms with Gasteiger partial charge in [-0.05, 0) is 25.7 Å². The van der Waals surface area contributed by atoms with E-state index in [2.05, 4.69) is 5.10 Å². The lowest BCUT2D eigenvalue weighted by Crippen LogP contribution is -2.10. The van der Waals surface area contributed by atoms with E-state index < -0.39 is 6.10 Å². The standard InChI is InChI=1S/C11H17ClN2O/c1-7-9(11(12)14(2)13-7)10(15)8-5-3-4-6-8/h8,10,15H,3-6H2,1-2H3. The molecule has 1 unspecified atom stereocenters. The van der Waals surface area contributed by atoms with Crippen molar-refractivity contribution in [1.29, 1.82) is 0 Å². The second-order valence-corrected chi connectivity index (χ2v) is 4.76. The van der Waals surface area contributed by atoms with Gasteiger partial charge in [-0.1, -0.05) is 24.4 Å². The molecule has 1 aliphatic carbocycles. The number of aliphatic hydroxyl groups is 1. The molecule has 3 nitrogen and oxygen atoms in total. The monoisotopic (exact) mass is 228 g/mol. The number of halogens is 1. The van der Waals surface area contributed by atoms with E-state index in [9.17, 15) is 5.11 Å². The van der Waals surface area contributed by atoms with E-state index >= 15 is 0 Å². The average Bonchev–Trinajstić information content (AvgIpc) is 2.76. The van der Waals surface area contributed by atoms with Gasteiger partial charge < -0.3 is 5.11 Å². The molecule has 2 rings (SSSR count). The van der Waals surface area contributed by atoms with Gasteiger partial charge in [0.2, 0.25) is 0 Å². The van der Waals surface area contributed by atoms with Crippen molar-refractivity contribution in [3.8, 4) is 0 Å². The van der Waals surface area contributed by atoms with Crippen LogP contribution in [0.4, 0.5) is 0 Å². The fourth-order valence-corrected chi connectivity index (χ4v) is 2.78. The van der Waals surface area contributed by atoms with Crippen LogP contribution < -0.4 is 0 Å².